The molecule has 2 aromatic rings. The summed E-state index contributed by atoms with van der Waals surface area (Å²) in [6, 6.07) is 14.2. The molecule has 0 spiro atoms. The van der Waals surface area contributed by atoms with Crippen LogP contribution in [0.2, 0.25) is 0 Å². The van der Waals surface area contributed by atoms with Crippen molar-refractivity contribution in [2.75, 3.05) is 0 Å². The molecule has 2 nitrogen and oxygen atoms in total. The van der Waals surface area contributed by atoms with Crippen molar-refractivity contribution in [3.05, 3.63) is 69.2 Å². The second-order valence-electron chi connectivity index (χ2n) is 4.43. The van der Waals surface area contributed by atoms with Gasteiger partial charge < -0.3 is 11.5 Å². The lowest BCUT2D eigenvalue weighted by molar-refractivity contribution is 0.856. The molecule has 0 radical (unpaired) electrons. The molecule has 2 rings (SSSR count). The normalized spacial score (nSPS) is 12.4. The van der Waals surface area contributed by atoms with Crippen LogP contribution in [0.5, 0.6) is 0 Å². The molecule has 0 aliphatic rings. The van der Waals surface area contributed by atoms with E-state index in [0.29, 0.717) is 6.54 Å². The van der Waals surface area contributed by atoms with Crippen LogP contribution >= 0.6 is 15.9 Å². The van der Waals surface area contributed by atoms with Gasteiger partial charge in [-0.3, -0.25) is 0 Å². The van der Waals surface area contributed by atoms with Crippen LogP contribution in [0.4, 0.5) is 0 Å². The molecule has 2 aromatic carbocycles. The quantitative estimate of drug-likeness (QED) is 0.914. The molecule has 1 unspecified atom stereocenters. The Morgan fingerprint density at radius 1 is 1.17 bits per heavy atom. The monoisotopic (exact) mass is 304 g/mol. The van der Waals surface area contributed by atoms with Gasteiger partial charge in [-0.05, 0) is 41.3 Å². The first-order valence-corrected chi connectivity index (χ1v) is 6.71. The number of rotatable bonds is 3. The molecular weight excluding hydrogens is 288 g/mol. The molecular formula is C15H17BrN2. The standard InChI is InChI=1S/C15H17BrN2/c1-10-5-6-13(16)8-14(10)15(18)12-4-2-3-11(7-12)9-17/h2-8,15H,9,17-18H2,1H3. The van der Waals surface area contributed by atoms with Gasteiger partial charge in [-0.2, -0.15) is 0 Å². The minimum Gasteiger partial charge on any atom is -0.326 e. The highest BCUT2D eigenvalue weighted by Crippen LogP contribution is 2.26. The summed E-state index contributed by atoms with van der Waals surface area (Å²) in [5, 5.41) is 0. The summed E-state index contributed by atoms with van der Waals surface area (Å²) in [7, 11) is 0. The zero-order valence-electron chi connectivity index (χ0n) is 10.4. The maximum atomic E-state index is 6.35. The van der Waals surface area contributed by atoms with Crippen molar-refractivity contribution in [1.82, 2.24) is 0 Å². The average molecular weight is 305 g/mol. The Balaban J connectivity index is 2.40. The highest BCUT2D eigenvalue weighted by atomic mass is 79.9. The van der Waals surface area contributed by atoms with Crippen molar-refractivity contribution in [3.63, 3.8) is 0 Å². The zero-order valence-corrected chi connectivity index (χ0v) is 11.9. The first-order valence-electron chi connectivity index (χ1n) is 5.92. The number of aryl methyl sites for hydroxylation is 1. The summed E-state index contributed by atoms with van der Waals surface area (Å²) < 4.78 is 1.05. The van der Waals surface area contributed by atoms with E-state index in [2.05, 4.69) is 41.1 Å². The third kappa shape index (κ3) is 2.80. The first-order chi connectivity index (χ1) is 8.61. The van der Waals surface area contributed by atoms with E-state index in [0.717, 1.165) is 21.2 Å². The molecule has 3 heteroatoms. The van der Waals surface area contributed by atoms with Gasteiger partial charge in [-0.15, -0.1) is 0 Å². The minimum absolute atomic E-state index is 0.117. The molecule has 0 bridgehead atoms. The summed E-state index contributed by atoms with van der Waals surface area (Å²) in [6.45, 7) is 2.62. The van der Waals surface area contributed by atoms with Crippen LogP contribution in [0.1, 0.15) is 28.3 Å². The van der Waals surface area contributed by atoms with Gasteiger partial charge in [0.25, 0.3) is 0 Å². The molecule has 94 valence electrons. The van der Waals surface area contributed by atoms with Gasteiger partial charge in [-0.25, -0.2) is 0 Å². The predicted octanol–water partition coefficient (Wildman–Crippen LogP) is 3.26. The number of nitrogens with two attached hydrogens (primary N) is 2. The van der Waals surface area contributed by atoms with Crippen molar-refractivity contribution >= 4 is 15.9 Å². The first kappa shape index (κ1) is 13.3. The molecule has 0 aromatic heterocycles. The smallest absolute Gasteiger partial charge is 0.0554 e. The second kappa shape index (κ2) is 5.65. The van der Waals surface area contributed by atoms with Crippen molar-refractivity contribution in [3.8, 4) is 0 Å². The number of halogens is 1. The fourth-order valence-electron chi connectivity index (χ4n) is 2.04. The topological polar surface area (TPSA) is 52.0 Å². The van der Waals surface area contributed by atoms with Gasteiger partial charge in [0, 0.05) is 11.0 Å². The van der Waals surface area contributed by atoms with Crippen LogP contribution in [0.15, 0.2) is 46.9 Å². The maximum Gasteiger partial charge on any atom is 0.0554 e. The van der Waals surface area contributed by atoms with Crippen LogP contribution in [-0.4, -0.2) is 0 Å². The van der Waals surface area contributed by atoms with Crippen molar-refractivity contribution in [2.45, 2.75) is 19.5 Å². The Morgan fingerprint density at radius 2 is 1.94 bits per heavy atom. The van der Waals surface area contributed by atoms with Crippen molar-refractivity contribution < 1.29 is 0 Å². The van der Waals surface area contributed by atoms with Gasteiger partial charge >= 0.3 is 0 Å². The number of hydrogen-bond acceptors (Lipinski definition) is 2. The molecule has 4 N–H and O–H groups in total. The van der Waals surface area contributed by atoms with Crippen LogP contribution in [0.3, 0.4) is 0 Å². The summed E-state index contributed by atoms with van der Waals surface area (Å²) in [4.78, 5) is 0. The molecule has 0 fully saturated rings. The van der Waals surface area contributed by atoms with E-state index in [9.17, 15) is 0 Å². The van der Waals surface area contributed by atoms with E-state index >= 15 is 0 Å². The maximum absolute atomic E-state index is 6.35. The van der Waals surface area contributed by atoms with E-state index in [1.54, 1.807) is 0 Å². The lowest BCUT2D eigenvalue weighted by Gasteiger charge is -2.16. The Kier molecular flexibility index (Phi) is 4.17. The third-order valence-electron chi connectivity index (χ3n) is 3.12. The van der Waals surface area contributed by atoms with Gasteiger partial charge in [0.15, 0.2) is 0 Å². The van der Waals surface area contributed by atoms with Crippen LogP contribution in [0, 0.1) is 6.92 Å². The fourth-order valence-corrected chi connectivity index (χ4v) is 2.42. The number of hydrogen-bond donors (Lipinski definition) is 2. The summed E-state index contributed by atoms with van der Waals surface area (Å²) >= 11 is 3.49. The van der Waals surface area contributed by atoms with E-state index in [1.807, 2.05) is 24.3 Å². The summed E-state index contributed by atoms with van der Waals surface area (Å²) in [6.07, 6.45) is 0. The Bertz CT molecular complexity index is 552. The molecule has 0 aliphatic carbocycles. The average Bonchev–Trinajstić information content (AvgIpc) is 2.41. The third-order valence-corrected chi connectivity index (χ3v) is 3.62. The lowest BCUT2D eigenvalue weighted by Crippen LogP contribution is -2.14. The molecule has 0 saturated heterocycles. The fraction of sp³-hybridized carbons (Fsp3) is 0.200. The summed E-state index contributed by atoms with van der Waals surface area (Å²) in [5.41, 5.74) is 16.6. The molecule has 18 heavy (non-hydrogen) atoms. The summed E-state index contributed by atoms with van der Waals surface area (Å²) in [5.74, 6) is 0. The molecule has 0 aliphatic heterocycles. The van der Waals surface area contributed by atoms with Crippen molar-refractivity contribution in [2.24, 2.45) is 11.5 Å². The molecule has 0 amide bonds. The largest absolute Gasteiger partial charge is 0.326 e. The molecule has 0 saturated carbocycles. The van der Waals surface area contributed by atoms with E-state index in [1.165, 1.54) is 5.56 Å². The van der Waals surface area contributed by atoms with Crippen LogP contribution in [-0.2, 0) is 6.54 Å². The minimum atomic E-state index is -0.117. The van der Waals surface area contributed by atoms with E-state index in [-0.39, 0.29) is 6.04 Å². The molecule has 1 atom stereocenters. The highest BCUT2D eigenvalue weighted by Gasteiger charge is 2.12. The van der Waals surface area contributed by atoms with Gasteiger partial charge in [0.1, 0.15) is 0 Å². The molecule has 0 heterocycles. The Hall–Kier alpha value is -1.16. The van der Waals surface area contributed by atoms with E-state index in [4.69, 9.17) is 11.5 Å². The Labute approximate surface area is 116 Å². The Morgan fingerprint density at radius 3 is 2.67 bits per heavy atom. The van der Waals surface area contributed by atoms with Crippen LogP contribution < -0.4 is 11.5 Å². The zero-order chi connectivity index (χ0) is 13.1. The van der Waals surface area contributed by atoms with Gasteiger partial charge in [0.05, 0.1) is 6.04 Å². The lowest BCUT2D eigenvalue weighted by atomic mass is 9.95. The second-order valence-corrected chi connectivity index (χ2v) is 5.34. The SMILES string of the molecule is Cc1ccc(Br)cc1C(N)c1cccc(CN)c1. The van der Waals surface area contributed by atoms with E-state index < -0.39 is 0 Å². The van der Waals surface area contributed by atoms with Gasteiger partial charge in [-0.1, -0.05) is 46.3 Å². The number of benzene rings is 2. The highest BCUT2D eigenvalue weighted by molar-refractivity contribution is 9.10. The van der Waals surface area contributed by atoms with Crippen LogP contribution in [0.25, 0.3) is 0 Å². The van der Waals surface area contributed by atoms with Crippen molar-refractivity contribution in [1.29, 1.82) is 0 Å². The van der Waals surface area contributed by atoms with Gasteiger partial charge in [0.2, 0.25) is 0 Å². The predicted molar refractivity (Wildman–Crippen MR) is 79.2 cm³/mol.